The van der Waals surface area contributed by atoms with E-state index in [0.29, 0.717) is 6.10 Å². The number of rotatable bonds is 5. The van der Waals surface area contributed by atoms with Gasteiger partial charge in [0.15, 0.2) is 0 Å². The molecule has 0 amide bonds. The Kier molecular flexibility index (Phi) is 5.21. The first-order valence-corrected chi connectivity index (χ1v) is 7.90. The second-order valence-electron chi connectivity index (χ2n) is 5.90. The highest BCUT2D eigenvalue weighted by Crippen LogP contribution is 2.33. The molecule has 1 N–H and O–H groups in total. The van der Waals surface area contributed by atoms with E-state index in [-0.39, 0.29) is 0 Å². The lowest BCUT2D eigenvalue weighted by molar-refractivity contribution is 0.0954. The van der Waals surface area contributed by atoms with Crippen molar-refractivity contribution in [2.75, 3.05) is 11.9 Å². The van der Waals surface area contributed by atoms with E-state index in [9.17, 15) is 0 Å². The highest BCUT2D eigenvalue weighted by atomic mass is 16.5. The fraction of sp³-hybridized carbons (Fsp3) is 0.750. The molecule has 0 aromatic carbocycles. The Morgan fingerprint density at radius 2 is 2.00 bits per heavy atom. The molecule has 1 aromatic rings. The minimum absolute atomic E-state index is 0.302. The summed E-state index contributed by atoms with van der Waals surface area (Å²) in [5, 5.41) is 3.29. The van der Waals surface area contributed by atoms with Crippen molar-refractivity contribution in [2.24, 2.45) is 11.8 Å². The third-order valence-corrected chi connectivity index (χ3v) is 4.43. The molecule has 0 saturated heterocycles. The van der Waals surface area contributed by atoms with Gasteiger partial charge in [0.05, 0.1) is 5.56 Å². The van der Waals surface area contributed by atoms with Gasteiger partial charge in [0, 0.05) is 6.54 Å². The maximum absolute atomic E-state index is 6.19. The Hall–Kier alpha value is -1.32. The second kappa shape index (κ2) is 6.91. The average molecular weight is 277 g/mol. The van der Waals surface area contributed by atoms with Crippen LogP contribution in [0.5, 0.6) is 5.88 Å². The molecule has 3 unspecified atom stereocenters. The molecule has 3 atom stereocenters. The van der Waals surface area contributed by atoms with E-state index in [0.717, 1.165) is 54.9 Å². The van der Waals surface area contributed by atoms with Crippen molar-refractivity contribution in [3.05, 3.63) is 11.9 Å². The smallest absolute Gasteiger partial charge is 0.222 e. The van der Waals surface area contributed by atoms with E-state index in [1.165, 1.54) is 6.42 Å². The molecular weight excluding hydrogens is 250 g/mol. The molecule has 2 rings (SSSR count). The summed E-state index contributed by atoms with van der Waals surface area (Å²) in [5.41, 5.74) is 1.10. The summed E-state index contributed by atoms with van der Waals surface area (Å²) in [5.74, 6) is 3.22. The first-order chi connectivity index (χ1) is 9.65. The van der Waals surface area contributed by atoms with Gasteiger partial charge >= 0.3 is 0 Å². The van der Waals surface area contributed by atoms with Crippen LogP contribution in [0.4, 0.5) is 5.82 Å². The SMILES string of the molecule is CCNc1ncnc(OC2CCC(C)C(C)C2)c1CC. The van der Waals surface area contributed by atoms with Crippen molar-refractivity contribution in [1.82, 2.24) is 9.97 Å². The van der Waals surface area contributed by atoms with Crippen LogP contribution in [0.1, 0.15) is 52.5 Å². The van der Waals surface area contributed by atoms with Crippen molar-refractivity contribution in [3.63, 3.8) is 0 Å². The van der Waals surface area contributed by atoms with Gasteiger partial charge in [-0.1, -0.05) is 20.8 Å². The summed E-state index contributed by atoms with van der Waals surface area (Å²) in [7, 11) is 0. The van der Waals surface area contributed by atoms with Crippen LogP contribution in [0.15, 0.2) is 6.33 Å². The molecule has 1 fully saturated rings. The summed E-state index contributed by atoms with van der Waals surface area (Å²) < 4.78 is 6.19. The second-order valence-corrected chi connectivity index (χ2v) is 5.90. The van der Waals surface area contributed by atoms with E-state index in [1.807, 2.05) is 0 Å². The van der Waals surface area contributed by atoms with Gasteiger partial charge < -0.3 is 10.1 Å². The first-order valence-electron chi connectivity index (χ1n) is 7.90. The first kappa shape index (κ1) is 15.1. The lowest BCUT2D eigenvalue weighted by Crippen LogP contribution is -2.29. The van der Waals surface area contributed by atoms with Crippen LogP contribution in [0.3, 0.4) is 0 Å². The maximum atomic E-state index is 6.19. The summed E-state index contributed by atoms with van der Waals surface area (Å²) in [6.45, 7) is 9.73. The van der Waals surface area contributed by atoms with Crippen LogP contribution in [0.2, 0.25) is 0 Å². The Balaban J connectivity index is 2.10. The molecule has 0 radical (unpaired) electrons. The molecule has 1 saturated carbocycles. The number of nitrogens with zero attached hydrogens (tertiary/aromatic N) is 2. The summed E-state index contributed by atoms with van der Waals surface area (Å²) >= 11 is 0. The normalized spacial score (nSPS) is 26.3. The maximum Gasteiger partial charge on any atom is 0.222 e. The fourth-order valence-corrected chi connectivity index (χ4v) is 2.90. The van der Waals surface area contributed by atoms with E-state index in [2.05, 4.69) is 43.0 Å². The average Bonchev–Trinajstić information content (AvgIpc) is 2.44. The molecule has 20 heavy (non-hydrogen) atoms. The van der Waals surface area contributed by atoms with Gasteiger partial charge in [-0.2, -0.15) is 0 Å². The molecule has 4 heteroatoms. The molecule has 1 aromatic heterocycles. The van der Waals surface area contributed by atoms with Crippen molar-refractivity contribution in [1.29, 1.82) is 0 Å². The number of hydrogen-bond donors (Lipinski definition) is 1. The number of nitrogens with one attached hydrogen (secondary N) is 1. The fourth-order valence-electron chi connectivity index (χ4n) is 2.90. The number of hydrogen-bond acceptors (Lipinski definition) is 4. The molecular formula is C16H27N3O. The Morgan fingerprint density at radius 1 is 1.20 bits per heavy atom. The predicted octanol–water partition coefficient (Wildman–Crippen LogP) is 3.67. The van der Waals surface area contributed by atoms with E-state index in [1.54, 1.807) is 6.33 Å². The monoisotopic (exact) mass is 277 g/mol. The van der Waals surface area contributed by atoms with Crippen LogP contribution in [-0.4, -0.2) is 22.6 Å². The van der Waals surface area contributed by atoms with Crippen molar-refractivity contribution in [3.8, 4) is 5.88 Å². The van der Waals surface area contributed by atoms with Gasteiger partial charge in [-0.05, 0) is 44.4 Å². The molecule has 0 bridgehead atoms. The topological polar surface area (TPSA) is 47.0 Å². The third kappa shape index (κ3) is 3.41. The zero-order valence-corrected chi connectivity index (χ0v) is 13.1. The van der Waals surface area contributed by atoms with E-state index >= 15 is 0 Å². The minimum atomic E-state index is 0.302. The molecule has 1 aliphatic rings. The molecule has 4 nitrogen and oxygen atoms in total. The standard InChI is InChI=1S/C16H27N3O/c1-5-14-15(17-6-2)18-10-19-16(14)20-13-8-7-11(3)12(4)9-13/h10-13H,5-9H2,1-4H3,(H,17,18,19). The Morgan fingerprint density at radius 3 is 2.65 bits per heavy atom. The van der Waals surface area contributed by atoms with Crippen molar-refractivity contribution in [2.45, 2.75) is 59.5 Å². The highest BCUT2D eigenvalue weighted by molar-refractivity contribution is 5.48. The van der Waals surface area contributed by atoms with Crippen molar-refractivity contribution >= 4 is 5.82 Å². The minimum Gasteiger partial charge on any atom is -0.474 e. The zero-order chi connectivity index (χ0) is 14.5. The molecule has 1 aliphatic carbocycles. The van der Waals surface area contributed by atoms with Gasteiger partial charge in [-0.15, -0.1) is 0 Å². The van der Waals surface area contributed by atoms with Gasteiger partial charge in [0.25, 0.3) is 0 Å². The summed E-state index contributed by atoms with van der Waals surface area (Å²) in [6, 6.07) is 0. The summed E-state index contributed by atoms with van der Waals surface area (Å²) in [6.07, 6.45) is 6.30. The zero-order valence-electron chi connectivity index (χ0n) is 13.1. The Bertz CT molecular complexity index is 436. The number of ether oxygens (including phenoxy) is 1. The van der Waals surface area contributed by atoms with Crippen LogP contribution < -0.4 is 10.1 Å². The van der Waals surface area contributed by atoms with Crippen LogP contribution in [0, 0.1) is 11.8 Å². The quantitative estimate of drug-likeness (QED) is 0.892. The van der Waals surface area contributed by atoms with E-state index < -0.39 is 0 Å². The predicted molar refractivity (Wildman–Crippen MR) is 82.2 cm³/mol. The Labute approximate surface area is 122 Å². The van der Waals surface area contributed by atoms with Gasteiger partial charge in [-0.3, -0.25) is 0 Å². The van der Waals surface area contributed by atoms with Crippen LogP contribution >= 0.6 is 0 Å². The van der Waals surface area contributed by atoms with Crippen LogP contribution in [-0.2, 0) is 6.42 Å². The third-order valence-electron chi connectivity index (χ3n) is 4.43. The molecule has 1 heterocycles. The van der Waals surface area contributed by atoms with Gasteiger partial charge in [0.2, 0.25) is 5.88 Å². The van der Waals surface area contributed by atoms with E-state index in [4.69, 9.17) is 4.74 Å². The number of anilines is 1. The lowest BCUT2D eigenvalue weighted by atomic mass is 9.80. The molecule has 112 valence electrons. The molecule has 0 aliphatic heterocycles. The highest BCUT2D eigenvalue weighted by Gasteiger charge is 2.26. The largest absolute Gasteiger partial charge is 0.474 e. The van der Waals surface area contributed by atoms with Crippen LogP contribution in [0.25, 0.3) is 0 Å². The lowest BCUT2D eigenvalue weighted by Gasteiger charge is -2.32. The summed E-state index contributed by atoms with van der Waals surface area (Å²) in [4.78, 5) is 8.68. The van der Waals surface area contributed by atoms with Gasteiger partial charge in [0.1, 0.15) is 18.2 Å². The molecule has 0 spiro atoms. The van der Waals surface area contributed by atoms with Gasteiger partial charge in [-0.25, -0.2) is 9.97 Å². The van der Waals surface area contributed by atoms with Crippen molar-refractivity contribution < 1.29 is 4.74 Å². The number of aromatic nitrogens is 2.